The van der Waals surface area contributed by atoms with E-state index in [0.717, 1.165) is 0 Å². The molecule has 4 heteroatoms. The van der Waals surface area contributed by atoms with Gasteiger partial charge in [0.2, 0.25) is 0 Å². The van der Waals surface area contributed by atoms with Gasteiger partial charge in [-0.2, -0.15) is 0 Å². The van der Waals surface area contributed by atoms with Crippen LogP contribution in [0.15, 0.2) is 29.3 Å². The Morgan fingerprint density at radius 2 is 2.12 bits per heavy atom. The predicted octanol–water partition coefficient (Wildman–Crippen LogP) is 0.325. The number of nitrogens with zero attached hydrogens (tertiary/aromatic N) is 1. The van der Waals surface area contributed by atoms with Crippen LogP contribution in [0.25, 0.3) is 0 Å². The van der Waals surface area contributed by atoms with E-state index in [0.29, 0.717) is 19.6 Å². The summed E-state index contributed by atoms with van der Waals surface area (Å²) >= 11 is 0. The third-order valence-corrected chi connectivity index (χ3v) is 2.18. The van der Waals surface area contributed by atoms with Gasteiger partial charge in [0, 0.05) is 12.1 Å². The average molecular weight is 217 g/mol. The molecule has 1 unspecified atom stereocenters. The van der Waals surface area contributed by atoms with Crippen LogP contribution in [0.4, 0.5) is 0 Å². The Labute approximate surface area is 96.9 Å². The molecule has 0 bridgehead atoms. The van der Waals surface area contributed by atoms with E-state index >= 15 is 0 Å². The van der Waals surface area contributed by atoms with Gasteiger partial charge in [0.05, 0.1) is 13.2 Å². The quantitative estimate of drug-likeness (QED) is 0.391. The molecular weight excluding hydrogens is 201 g/mol. The minimum atomic E-state index is 0.163. The maximum atomic E-state index is 9.97. The molecule has 1 rings (SSSR count). The molecule has 84 valence electrons. The lowest BCUT2D eigenvalue weighted by molar-refractivity contribution is -0.129. The Kier molecular flexibility index (Phi) is 5.33. The second kappa shape index (κ2) is 6.83. The summed E-state index contributed by atoms with van der Waals surface area (Å²) in [6, 6.07) is 8.28. The molecule has 1 aromatic carbocycles. The molecule has 3 nitrogen and oxygen atoms in total. The van der Waals surface area contributed by atoms with Crippen molar-refractivity contribution in [1.82, 2.24) is 0 Å². The van der Waals surface area contributed by atoms with Crippen LogP contribution in [0.2, 0.25) is 0 Å². The lowest BCUT2D eigenvalue weighted by atomic mass is 9.95. The van der Waals surface area contributed by atoms with Gasteiger partial charge in [-0.15, -0.1) is 0 Å². The van der Waals surface area contributed by atoms with Gasteiger partial charge in [-0.25, -0.2) is 0 Å². The second-order valence-corrected chi connectivity index (χ2v) is 3.88. The van der Waals surface area contributed by atoms with Gasteiger partial charge >= 0.3 is 0 Å². The lowest BCUT2D eigenvalue weighted by Gasteiger charge is -2.03. The van der Waals surface area contributed by atoms with E-state index in [9.17, 15) is 4.79 Å². The van der Waals surface area contributed by atoms with Crippen molar-refractivity contribution in [2.45, 2.75) is 13.5 Å². The highest BCUT2D eigenvalue weighted by Gasteiger charge is 1.97. The summed E-state index contributed by atoms with van der Waals surface area (Å²) in [4.78, 5) is 14.3. The van der Waals surface area contributed by atoms with Crippen molar-refractivity contribution in [2.24, 2.45) is 10.9 Å². The van der Waals surface area contributed by atoms with Crippen molar-refractivity contribution in [3.05, 3.63) is 29.8 Å². The largest absolute Gasteiger partial charge is 0.467 e. The number of aliphatic imine (C=N–C) groups is 1. The first-order chi connectivity index (χ1) is 7.72. The SMILES string of the molecule is Bc1ccc(C/N=C/C(C)COC=O)cc1. The molecule has 0 aliphatic heterocycles. The highest BCUT2D eigenvalue weighted by Crippen LogP contribution is 1.99. The molecule has 0 heterocycles. The third-order valence-electron chi connectivity index (χ3n) is 2.18. The molecule has 0 amide bonds. The van der Waals surface area contributed by atoms with E-state index in [2.05, 4.69) is 41.8 Å². The molecule has 16 heavy (non-hydrogen) atoms. The monoisotopic (exact) mass is 217 g/mol. The Hall–Kier alpha value is -1.58. The van der Waals surface area contributed by atoms with Crippen molar-refractivity contribution in [1.29, 1.82) is 0 Å². The number of benzene rings is 1. The molecule has 0 aliphatic rings. The van der Waals surface area contributed by atoms with E-state index in [1.165, 1.54) is 11.0 Å². The summed E-state index contributed by atoms with van der Waals surface area (Å²) in [5, 5.41) is 0. The van der Waals surface area contributed by atoms with E-state index in [-0.39, 0.29) is 5.92 Å². The molecule has 1 aromatic rings. The van der Waals surface area contributed by atoms with Gasteiger partial charge in [0.1, 0.15) is 7.85 Å². The zero-order chi connectivity index (χ0) is 11.8. The van der Waals surface area contributed by atoms with Crippen LogP contribution in [0.1, 0.15) is 12.5 Å². The van der Waals surface area contributed by atoms with Crippen LogP contribution in [-0.4, -0.2) is 27.1 Å². The summed E-state index contributed by atoms with van der Waals surface area (Å²) in [6.07, 6.45) is 1.82. The normalized spacial score (nSPS) is 12.6. The predicted molar refractivity (Wildman–Crippen MR) is 68.0 cm³/mol. The van der Waals surface area contributed by atoms with Crippen LogP contribution in [0.5, 0.6) is 0 Å². The average Bonchev–Trinajstić information content (AvgIpc) is 2.29. The minimum Gasteiger partial charge on any atom is -0.467 e. The van der Waals surface area contributed by atoms with Crippen LogP contribution >= 0.6 is 0 Å². The van der Waals surface area contributed by atoms with Gasteiger partial charge in [0.25, 0.3) is 6.47 Å². The zero-order valence-electron chi connectivity index (χ0n) is 9.72. The fourth-order valence-electron chi connectivity index (χ4n) is 1.27. The first kappa shape index (κ1) is 12.5. The van der Waals surface area contributed by atoms with Crippen LogP contribution in [-0.2, 0) is 16.1 Å². The molecule has 0 spiro atoms. The van der Waals surface area contributed by atoms with Gasteiger partial charge in [0.15, 0.2) is 0 Å². The zero-order valence-corrected chi connectivity index (χ0v) is 9.72. The van der Waals surface area contributed by atoms with Crippen LogP contribution in [0.3, 0.4) is 0 Å². The number of ether oxygens (including phenoxy) is 1. The molecule has 0 aromatic heterocycles. The van der Waals surface area contributed by atoms with Gasteiger partial charge in [-0.05, 0) is 5.56 Å². The van der Waals surface area contributed by atoms with Crippen molar-refractivity contribution in [3.8, 4) is 0 Å². The molecule has 0 N–H and O–H groups in total. The Bertz CT molecular complexity index is 349. The van der Waals surface area contributed by atoms with Crippen molar-refractivity contribution < 1.29 is 9.53 Å². The van der Waals surface area contributed by atoms with Crippen molar-refractivity contribution >= 4 is 26.0 Å². The smallest absolute Gasteiger partial charge is 0.293 e. The maximum absolute atomic E-state index is 9.97. The first-order valence-corrected chi connectivity index (χ1v) is 5.33. The van der Waals surface area contributed by atoms with Crippen LogP contribution in [0, 0.1) is 5.92 Å². The topological polar surface area (TPSA) is 38.7 Å². The van der Waals surface area contributed by atoms with E-state index in [1.807, 2.05) is 13.1 Å². The molecule has 0 fully saturated rings. The van der Waals surface area contributed by atoms with Gasteiger partial charge in [-0.1, -0.05) is 36.7 Å². The van der Waals surface area contributed by atoms with Crippen molar-refractivity contribution in [3.63, 3.8) is 0 Å². The third kappa shape index (κ3) is 4.78. The molecular formula is C12H16BNO2. The first-order valence-electron chi connectivity index (χ1n) is 5.33. The van der Waals surface area contributed by atoms with E-state index < -0.39 is 0 Å². The summed E-state index contributed by atoms with van der Waals surface area (Å²) in [6.45, 7) is 3.49. The molecule has 1 atom stereocenters. The molecule has 0 saturated carbocycles. The summed E-state index contributed by atoms with van der Waals surface area (Å²) in [5.41, 5.74) is 2.44. The summed E-state index contributed by atoms with van der Waals surface area (Å²) in [7, 11) is 2.06. The second-order valence-electron chi connectivity index (χ2n) is 3.88. The summed E-state index contributed by atoms with van der Waals surface area (Å²) < 4.78 is 4.64. The molecule has 0 saturated heterocycles. The van der Waals surface area contributed by atoms with Crippen molar-refractivity contribution in [2.75, 3.05) is 6.61 Å². The number of carbonyl (C=O) groups is 1. The number of hydrogen-bond donors (Lipinski definition) is 0. The fraction of sp³-hybridized carbons (Fsp3) is 0.333. The number of rotatable bonds is 6. The Balaban J connectivity index is 2.35. The molecule has 0 aliphatic carbocycles. The molecule has 0 radical (unpaired) electrons. The highest BCUT2D eigenvalue weighted by atomic mass is 16.5. The minimum absolute atomic E-state index is 0.163. The van der Waals surface area contributed by atoms with E-state index in [1.54, 1.807) is 0 Å². The standard InChI is InChI=1S/C12H16BNO2/c1-10(8-16-9-15)6-14-7-11-2-4-12(13)5-3-11/h2-6,9-10H,7-8,13H2,1H3/b14-6+. The van der Waals surface area contributed by atoms with Gasteiger partial charge in [-0.3, -0.25) is 9.79 Å². The number of carbonyl (C=O) groups excluding carboxylic acids is 1. The van der Waals surface area contributed by atoms with Gasteiger partial charge < -0.3 is 4.74 Å². The fourth-order valence-corrected chi connectivity index (χ4v) is 1.27. The lowest BCUT2D eigenvalue weighted by Crippen LogP contribution is -2.06. The Morgan fingerprint density at radius 1 is 1.44 bits per heavy atom. The maximum Gasteiger partial charge on any atom is 0.293 e. The number of hydrogen-bond acceptors (Lipinski definition) is 3. The van der Waals surface area contributed by atoms with E-state index in [4.69, 9.17) is 0 Å². The summed E-state index contributed by atoms with van der Waals surface area (Å²) in [5.74, 6) is 0.163. The van der Waals surface area contributed by atoms with Crippen LogP contribution < -0.4 is 5.46 Å². The Morgan fingerprint density at radius 3 is 2.75 bits per heavy atom. The highest BCUT2D eigenvalue weighted by molar-refractivity contribution is 6.32.